The number of benzene rings is 1. The van der Waals surface area contributed by atoms with Crippen LogP contribution in [0.2, 0.25) is 0 Å². The van der Waals surface area contributed by atoms with Crippen molar-refractivity contribution in [3.05, 3.63) is 59.5 Å². The molecule has 1 unspecified atom stereocenters. The normalized spacial score (nSPS) is 12.7. The zero-order chi connectivity index (χ0) is 14.8. The predicted molar refractivity (Wildman–Crippen MR) is 85.3 cm³/mol. The van der Waals surface area contributed by atoms with Crippen LogP contribution in [0, 0.1) is 6.92 Å². The van der Waals surface area contributed by atoms with Crippen LogP contribution < -0.4 is 5.32 Å². The predicted octanol–water partition coefficient (Wildman–Crippen LogP) is 3.07. The molecule has 1 atom stereocenters. The first-order valence-electron chi connectivity index (χ1n) is 7.29. The van der Waals surface area contributed by atoms with Crippen molar-refractivity contribution in [3.63, 3.8) is 0 Å². The Morgan fingerprint density at radius 1 is 1.24 bits per heavy atom. The molecule has 0 radical (unpaired) electrons. The number of pyridine rings is 1. The lowest BCUT2D eigenvalue weighted by atomic mass is 10.0. The van der Waals surface area contributed by atoms with E-state index in [4.69, 9.17) is 0 Å². The summed E-state index contributed by atoms with van der Waals surface area (Å²) in [6.45, 7) is 5.02. The zero-order valence-electron chi connectivity index (χ0n) is 12.7. The van der Waals surface area contributed by atoms with Crippen molar-refractivity contribution >= 4 is 10.9 Å². The molecule has 0 amide bonds. The quantitative estimate of drug-likeness (QED) is 0.798. The van der Waals surface area contributed by atoms with Crippen molar-refractivity contribution in [1.82, 2.24) is 20.1 Å². The van der Waals surface area contributed by atoms with Gasteiger partial charge in [0.1, 0.15) is 0 Å². The summed E-state index contributed by atoms with van der Waals surface area (Å²) in [6.07, 6.45) is 1.83. The maximum atomic E-state index is 4.55. The summed E-state index contributed by atoms with van der Waals surface area (Å²) in [7, 11) is 1.99. The van der Waals surface area contributed by atoms with E-state index < -0.39 is 0 Å². The van der Waals surface area contributed by atoms with Crippen LogP contribution in [0.5, 0.6) is 0 Å². The summed E-state index contributed by atoms with van der Waals surface area (Å²) in [6, 6.07) is 12.8. The molecule has 0 aliphatic heterocycles. The summed E-state index contributed by atoms with van der Waals surface area (Å²) in [5.41, 5.74) is 4.50. The Balaban J connectivity index is 2.08. The van der Waals surface area contributed by atoms with E-state index >= 15 is 0 Å². The molecule has 0 aliphatic rings. The van der Waals surface area contributed by atoms with Crippen LogP contribution in [0.3, 0.4) is 0 Å². The topological polar surface area (TPSA) is 42.7 Å². The SMILES string of the molecule is CCn1nc(C)cc1C(NC)c1ccc2ncccc2c1. The third kappa shape index (κ3) is 2.54. The van der Waals surface area contributed by atoms with Gasteiger partial charge in [-0.05, 0) is 50.7 Å². The second-order valence-corrected chi connectivity index (χ2v) is 5.20. The monoisotopic (exact) mass is 280 g/mol. The van der Waals surface area contributed by atoms with Crippen molar-refractivity contribution < 1.29 is 0 Å². The molecule has 0 saturated carbocycles. The van der Waals surface area contributed by atoms with Crippen LogP contribution in [-0.2, 0) is 6.54 Å². The lowest BCUT2D eigenvalue weighted by Gasteiger charge is -2.18. The minimum absolute atomic E-state index is 0.135. The average Bonchev–Trinajstić information content (AvgIpc) is 2.89. The zero-order valence-corrected chi connectivity index (χ0v) is 12.7. The number of nitrogens with one attached hydrogen (secondary N) is 1. The van der Waals surface area contributed by atoms with E-state index in [0.29, 0.717) is 0 Å². The van der Waals surface area contributed by atoms with Crippen molar-refractivity contribution in [2.45, 2.75) is 26.4 Å². The Hall–Kier alpha value is -2.20. The van der Waals surface area contributed by atoms with Crippen LogP contribution in [0.15, 0.2) is 42.6 Å². The van der Waals surface area contributed by atoms with Gasteiger partial charge in [-0.3, -0.25) is 9.67 Å². The minimum Gasteiger partial charge on any atom is -0.308 e. The highest BCUT2D eigenvalue weighted by molar-refractivity contribution is 5.79. The van der Waals surface area contributed by atoms with Gasteiger partial charge in [-0.15, -0.1) is 0 Å². The lowest BCUT2D eigenvalue weighted by Crippen LogP contribution is -2.21. The summed E-state index contributed by atoms with van der Waals surface area (Å²) < 4.78 is 2.06. The van der Waals surface area contributed by atoms with E-state index in [1.807, 2.05) is 26.2 Å². The minimum atomic E-state index is 0.135. The van der Waals surface area contributed by atoms with Gasteiger partial charge in [0.2, 0.25) is 0 Å². The fourth-order valence-electron chi connectivity index (χ4n) is 2.81. The third-order valence-electron chi connectivity index (χ3n) is 3.78. The van der Waals surface area contributed by atoms with E-state index in [2.05, 4.69) is 57.3 Å². The number of rotatable bonds is 4. The number of hydrogen-bond acceptors (Lipinski definition) is 3. The second-order valence-electron chi connectivity index (χ2n) is 5.20. The maximum Gasteiger partial charge on any atom is 0.0746 e. The molecule has 3 aromatic rings. The van der Waals surface area contributed by atoms with Gasteiger partial charge < -0.3 is 5.32 Å². The van der Waals surface area contributed by atoms with Gasteiger partial charge in [-0.25, -0.2) is 0 Å². The molecule has 0 spiro atoms. The molecule has 0 bridgehead atoms. The van der Waals surface area contributed by atoms with Crippen molar-refractivity contribution in [2.24, 2.45) is 0 Å². The first kappa shape index (κ1) is 13.8. The molecular weight excluding hydrogens is 260 g/mol. The summed E-state index contributed by atoms with van der Waals surface area (Å²) in [4.78, 5) is 4.38. The molecule has 4 nitrogen and oxygen atoms in total. The highest BCUT2D eigenvalue weighted by Gasteiger charge is 2.17. The van der Waals surface area contributed by atoms with Crippen molar-refractivity contribution in [1.29, 1.82) is 0 Å². The van der Waals surface area contributed by atoms with Gasteiger partial charge in [0.15, 0.2) is 0 Å². The van der Waals surface area contributed by atoms with Crippen LogP contribution in [0.4, 0.5) is 0 Å². The van der Waals surface area contributed by atoms with Gasteiger partial charge in [0.05, 0.1) is 22.9 Å². The Bertz CT molecular complexity index is 760. The smallest absolute Gasteiger partial charge is 0.0746 e. The molecule has 0 fully saturated rings. The van der Waals surface area contributed by atoms with Crippen molar-refractivity contribution in [2.75, 3.05) is 7.05 Å². The standard InChI is InChI=1S/C17H20N4/c1-4-21-16(10-12(2)20-21)17(18-3)14-7-8-15-13(11-14)6-5-9-19-15/h5-11,17-18H,4H2,1-3H3. The number of nitrogens with zero attached hydrogens (tertiary/aromatic N) is 3. The van der Waals surface area contributed by atoms with Gasteiger partial charge in [0.25, 0.3) is 0 Å². The van der Waals surface area contributed by atoms with Gasteiger partial charge >= 0.3 is 0 Å². The molecule has 3 rings (SSSR count). The molecule has 4 heteroatoms. The summed E-state index contributed by atoms with van der Waals surface area (Å²) in [5.74, 6) is 0. The molecular formula is C17H20N4. The first-order valence-corrected chi connectivity index (χ1v) is 7.29. The fraction of sp³-hybridized carbons (Fsp3) is 0.294. The second kappa shape index (κ2) is 5.66. The number of hydrogen-bond donors (Lipinski definition) is 1. The van der Waals surface area contributed by atoms with Crippen LogP contribution in [-0.4, -0.2) is 21.8 Å². The Morgan fingerprint density at radius 3 is 2.86 bits per heavy atom. The highest BCUT2D eigenvalue weighted by Crippen LogP contribution is 2.25. The molecule has 0 aliphatic carbocycles. The third-order valence-corrected chi connectivity index (χ3v) is 3.78. The fourth-order valence-corrected chi connectivity index (χ4v) is 2.81. The molecule has 1 aromatic carbocycles. The lowest BCUT2D eigenvalue weighted by molar-refractivity contribution is 0.561. The van der Waals surface area contributed by atoms with E-state index in [9.17, 15) is 0 Å². The molecule has 2 aromatic heterocycles. The number of aryl methyl sites for hydroxylation is 2. The van der Waals surface area contributed by atoms with Crippen LogP contribution in [0.1, 0.15) is 29.9 Å². The molecule has 2 heterocycles. The van der Waals surface area contributed by atoms with Crippen LogP contribution in [0.25, 0.3) is 10.9 Å². The molecule has 21 heavy (non-hydrogen) atoms. The summed E-state index contributed by atoms with van der Waals surface area (Å²) >= 11 is 0. The molecule has 0 saturated heterocycles. The van der Waals surface area contributed by atoms with Gasteiger partial charge in [0, 0.05) is 18.1 Å². The average molecular weight is 280 g/mol. The van der Waals surface area contributed by atoms with Gasteiger partial charge in [-0.1, -0.05) is 12.1 Å². The Labute approximate surface area is 124 Å². The van der Waals surface area contributed by atoms with E-state index in [1.54, 1.807) is 0 Å². The number of fused-ring (bicyclic) bond motifs is 1. The van der Waals surface area contributed by atoms with E-state index in [0.717, 1.165) is 23.1 Å². The van der Waals surface area contributed by atoms with Gasteiger partial charge in [-0.2, -0.15) is 5.10 Å². The van der Waals surface area contributed by atoms with Crippen molar-refractivity contribution in [3.8, 4) is 0 Å². The molecule has 1 N–H and O–H groups in total. The largest absolute Gasteiger partial charge is 0.308 e. The highest BCUT2D eigenvalue weighted by atomic mass is 15.3. The first-order chi connectivity index (χ1) is 10.2. The Morgan fingerprint density at radius 2 is 2.10 bits per heavy atom. The van der Waals surface area contributed by atoms with E-state index in [1.165, 1.54) is 11.3 Å². The van der Waals surface area contributed by atoms with Crippen LogP contribution >= 0.6 is 0 Å². The molecule has 108 valence electrons. The van der Waals surface area contributed by atoms with E-state index in [-0.39, 0.29) is 6.04 Å². The number of aromatic nitrogens is 3. The summed E-state index contributed by atoms with van der Waals surface area (Å²) in [5, 5.41) is 9.12. The Kier molecular flexibility index (Phi) is 3.71. The maximum absolute atomic E-state index is 4.55.